The number of carbonyl (C=O) groups is 1. The van der Waals surface area contributed by atoms with Crippen molar-refractivity contribution in [1.82, 2.24) is 0 Å². The molecular weight excluding hydrogens is 118 g/mol. The molecule has 3 heteroatoms. The molecule has 0 aromatic rings. The second-order valence-electron chi connectivity index (χ2n) is 1.69. The van der Waals surface area contributed by atoms with Crippen LogP contribution in [0.4, 0.5) is 0 Å². The number of hydrogen-bond acceptors (Lipinski definition) is 3. The molecule has 52 valence electrons. The fraction of sp³-hybridized carbons (Fsp3) is 0.500. The van der Waals surface area contributed by atoms with E-state index in [0.29, 0.717) is 0 Å². The van der Waals surface area contributed by atoms with Gasteiger partial charge in [-0.25, -0.2) is 0 Å². The Kier molecular flexibility index (Phi) is 3.92. The number of hydrogen-bond donors (Lipinski definition) is 2. The number of allylic oxidation sites excluding steroid dienone is 1. The number of aliphatic hydroxyl groups is 1. The van der Waals surface area contributed by atoms with E-state index in [1.54, 1.807) is 13.0 Å². The number of carbonyl (C=O) groups excluding carboxylic acids is 1. The van der Waals surface area contributed by atoms with Gasteiger partial charge in [-0.05, 0) is 13.0 Å². The zero-order valence-electron chi connectivity index (χ0n) is 5.37. The van der Waals surface area contributed by atoms with Crippen LogP contribution in [0, 0.1) is 0 Å². The molecular formula is C6H11NO2. The van der Waals surface area contributed by atoms with Crippen molar-refractivity contribution >= 4 is 5.78 Å². The second-order valence-corrected chi connectivity index (χ2v) is 1.69. The summed E-state index contributed by atoms with van der Waals surface area (Å²) in [5.41, 5.74) is 5.15. The minimum absolute atomic E-state index is 0.236. The van der Waals surface area contributed by atoms with E-state index in [2.05, 4.69) is 0 Å². The van der Waals surface area contributed by atoms with E-state index < -0.39 is 6.04 Å². The van der Waals surface area contributed by atoms with Crippen LogP contribution in [-0.2, 0) is 4.79 Å². The predicted molar refractivity (Wildman–Crippen MR) is 34.9 cm³/mol. The van der Waals surface area contributed by atoms with Crippen LogP contribution in [0.2, 0.25) is 0 Å². The van der Waals surface area contributed by atoms with E-state index in [0.717, 1.165) is 0 Å². The Hall–Kier alpha value is -0.670. The Morgan fingerprint density at radius 2 is 2.44 bits per heavy atom. The average molecular weight is 129 g/mol. The third kappa shape index (κ3) is 3.00. The van der Waals surface area contributed by atoms with Crippen molar-refractivity contribution in [3.8, 4) is 0 Å². The molecule has 3 N–H and O–H groups in total. The first-order valence-electron chi connectivity index (χ1n) is 2.75. The summed E-state index contributed by atoms with van der Waals surface area (Å²) >= 11 is 0. The first-order valence-corrected chi connectivity index (χ1v) is 2.75. The van der Waals surface area contributed by atoms with Gasteiger partial charge in [0, 0.05) is 0 Å². The molecule has 0 aliphatic rings. The molecule has 9 heavy (non-hydrogen) atoms. The zero-order valence-corrected chi connectivity index (χ0v) is 5.37. The summed E-state index contributed by atoms with van der Waals surface area (Å²) < 4.78 is 0. The summed E-state index contributed by atoms with van der Waals surface area (Å²) in [4.78, 5) is 10.6. The van der Waals surface area contributed by atoms with Gasteiger partial charge in [-0.15, -0.1) is 0 Å². The van der Waals surface area contributed by atoms with Crippen molar-refractivity contribution < 1.29 is 9.90 Å². The molecule has 1 unspecified atom stereocenters. The van der Waals surface area contributed by atoms with Gasteiger partial charge in [-0.2, -0.15) is 0 Å². The fourth-order valence-corrected chi connectivity index (χ4v) is 0.378. The van der Waals surface area contributed by atoms with Crippen molar-refractivity contribution in [1.29, 1.82) is 0 Å². The first kappa shape index (κ1) is 8.33. The van der Waals surface area contributed by atoms with Gasteiger partial charge in [0.2, 0.25) is 0 Å². The fourth-order valence-electron chi connectivity index (χ4n) is 0.378. The average Bonchev–Trinajstić information content (AvgIpc) is 1.87. The van der Waals surface area contributed by atoms with Crippen LogP contribution in [0.15, 0.2) is 12.2 Å². The third-order valence-electron chi connectivity index (χ3n) is 0.893. The molecule has 0 saturated heterocycles. The van der Waals surface area contributed by atoms with Gasteiger partial charge in [-0.3, -0.25) is 4.79 Å². The smallest absolute Gasteiger partial charge is 0.174 e. The van der Waals surface area contributed by atoms with Gasteiger partial charge in [-0.1, -0.05) is 6.08 Å². The van der Waals surface area contributed by atoms with Crippen molar-refractivity contribution in [2.75, 3.05) is 6.61 Å². The highest BCUT2D eigenvalue weighted by Gasteiger charge is 2.06. The minimum atomic E-state index is -0.749. The molecule has 3 nitrogen and oxygen atoms in total. The van der Waals surface area contributed by atoms with E-state index in [1.165, 1.54) is 6.08 Å². The Balaban J connectivity index is 3.73. The predicted octanol–water partition coefficient (Wildman–Crippen LogP) is -0.549. The van der Waals surface area contributed by atoms with Gasteiger partial charge in [0.05, 0.1) is 12.6 Å². The van der Waals surface area contributed by atoms with Gasteiger partial charge in [0.1, 0.15) is 0 Å². The number of rotatable bonds is 3. The summed E-state index contributed by atoms with van der Waals surface area (Å²) in [6, 6.07) is -0.749. The van der Waals surface area contributed by atoms with E-state index in [1.807, 2.05) is 0 Å². The van der Waals surface area contributed by atoms with Gasteiger partial charge < -0.3 is 10.8 Å². The van der Waals surface area contributed by atoms with E-state index in [9.17, 15) is 4.79 Å². The summed E-state index contributed by atoms with van der Waals surface area (Å²) in [5.74, 6) is -0.236. The van der Waals surface area contributed by atoms with Crippen LogP contribution in [0.25, 0.3) is 0 Å². The summed E-state index contributed by atoms with van der Waals surface area (Å²) in [6.45, 7) is 1.44. The largest absolute Gasteiger partial charge is 0.394 e. The summed E-state index contributed by atoms with van der Waals surface area (Å²) in [5, 5.41) is 8.35. The van der Waals surface area contributed by atoms with E-state index in [4.69, 9.17) is 10.8 Å². The molecule has 0 heterocycles. The molecule has 0 fully saturated rings. The maximum atomic E-state index is 10.6. The molecule has 1 atom stereocenters. The van der Waals surface area contributed by atoms with Crippen molar-refractivity contribution in [3.05, 3.63) is 12.2 Å². The topological polar surface area (TPSA) is 63.3 Å². The van der Waals surface area contributed by atoms with Crippen LogP contribution in [0.1, 0.15) is 6.92 Å². The molecule has 0 amide bonds. The second kappa shape index (κ2) is 4.23. The standard InChI is InChI=1S/C6H11NO2/c1-2-3-6(9)5(7)4-8/h2-3,5,8H,4,7H2,1H3/b3-2+. The Morgan fingerprint density at radius 1 is 1.89 bits per heavy atom. The van der Waals surface area contributed by atoms with Gasteiger partial charge in [0.15, 0.2) is 5.78 Å². The number of aliphatic hydroxyl groups excluding tert-OH is 1. The molecule has 0 aliphatic carbocycles. The minimum Gasteiger partial charge on any atom is -0.394 e. The van der Waals surface area contributed by atoms with Crippen LogP contribution in [0.5, 0.6) is 0 Å². The molecule has 0 bridgehead atoms. The van der Waals surface area contributed by atoms with Crippen LogP contribution in [0.3, 0.4) is 0 Å². The monoisotopic (exact) mass is 129 g/mol. The van der Waals surface area contributed by atoms with Gasteiger partial charge >= 0.3 is 0 Å². The molecule has 0 aliphatic heterocycles. The maximum Gasteiger partial charge on any atom is 0.174 e. The van der Waals surface area contributed by atoms with Crippen LogP contribution in [-0.4, -0.2) is 23.5 Å². The molecule has 0 radical (unpaired) electrons. The van der Waals surface area contributed by atoms with Gasteiger partial charge in [0.25, 0.3) is 0 Å². The Morgan fingerprint density at radius 3 is 2.78 bits per heavy atom. The lowest BCUT2D eigenvalue weighted by molar-refractivity contribution is -0.116. The highest BCUT2D eigenvalue weighted by molar-refractivity contribution is 5.94. The van der Waals surface area contributed by atoms with Crippen molar-refractivity contribution in [2.24, 2.45) is 5.73 Å². The zero-order chi connectivity index (χ0) is 7.28. The summed E-state index contributed by atoms with van der Waals surface area (Å²) in [7, 11) is 0. The normalized spacial score (nSPS) is 14.1. The molecule has 0 saturated carbocycles. The summed E-state index contributed by atoms with van der Waals surface area (Å²) in [6.07, 6.45) is 2.94. The highest BCUT2D eigenvalue weighted by atomic mass is 16.3. The van der Waals surface area contributed by atoms with Crippen LogP contribution >= 0.6 is 0 Å². The van der Waals surface area contributed by atoms with Crippen LogP contribution < -0.4 is 5.73 Å². The third-order valence-corrected chi connectivity index (χ3v) is 0.893. The van der Waals surface area contributed by atoms with E-state index in [-0.39, 0.29) is 12.4 Å². The van der Waals surface area contributed by atoms with Crippen molar-refractivity contribution in [2.45, 2.75) is 13.0 Å². The SMILES string of the molecule is C/C=C/C(=O)C(N)CO. The molecule has 0 spiro atoms. The lowest BCUT2D eigenvalue weighted by Gasteiger charge is -1.99. The molecule has 0 aromatic carbocycles. The lowest BCUT2D eigenvalue weighted by atomic mass is 10.2. The Labute approximate surface area is 54.2 Å². The molecule has 0 aromatic heterocycles. The van der Waals surface area contributed by atoms with Crippen molar-refractivity contribution in [3.63, 3.8) is 0 Å². The Bertz CT molecular complexity index is 120. The highest BCUT2D eigenvalue weighted by Crippen LogP contribution is 1.82. The van der Waals surface area contributed by atoms with E-state index >= 15 is 0 Å². The lowest BCUT2D eigenvalue weighted by Crippen LogP contribution is -2.32. The quantitative estimate of drug-likeness (QED) is 0.502. The first-order chi connectivity index (χ1) is 4.22. The number of nitrogens with two attached hydrogens (primary N) is 1. The molecule has 0 rings (SSSR count). The maximum absolute atomic E-state index is 10.6. The number of ketones is 1.